The third-order valence-corrected chi connectivity index (χ3v) is 5.24. The Morgan fingerprint density at radius 2 is 2.00 bits per heavy atom. The van der Waals surface area contributed by atoms with Gasteiger partial charge in [-0.25, -0.2) is 0 Å². The second-order valence-electron chi connectivity index (χ2n) is 5.79. The van der Waals surface area contributed by atoms with Gasteiger partial charge in [-0.3, -0.25) is 9.59 Å². The van der Waals surface area contributed by atoms with Crippen LogP contribution in [0.25, 0.3) is 0 Å². The summed E-state index contributed by atoms with van der Waals surface area (Å²) in [6.07, 6.45) is 2.41. The van der Waals surface area contributed by atoms with Crippen LogP contribution >= 0.6 is 11.8 Å². The summed E-state index contributed by atoms with van der Waals surface area (Å²) in [6, 6.07) is 7.60. The summed E-state index contributed by atoms with van der Waals surface area (Å²) >= 11 is 1.86. The van der Waals surface area contributed by atoms with E-state index < -0.39 is 0 Å². The maximum atomic E-state index is 12.1. The molecule has 3 rings (SSSR count). The smallest absolute Gasteiger partial charge is 0.309 e. The van der Waals surface area contributed by atoms with Gasteiger partial charge in [0, 0.05) is 12.0 Å². The standard InChI is InChI=1S/C17H21NO4S/c19-16(11-22-17(20)12-6-9-23-10-7-12)18-14-5-8-21-15-4-2-1-3-13(14)15/h1-4,12,14H,5-11H2,(H,18,19). The molecule has 0 aliphatic carbocycles. The van der Waals surface area contributed by atoms with Crippen molar-refractivity contribution in [2.75, 3.05) is 24.7 Å². The molecular formula is C17H21NO4S. The molecule has 2 aliphatic rings. The van der Waals surface area contributed by atoms with E-state index in [1.807, 2.05) is 36.0 Å². The van der Waals surface area contributed by atoms with E-state index in [0.717, 1.165) is 42.1 Å². The van der Waals surface area contributed by atoms with Crippen molar-refractivity contribution in [2.24, 2.45) is 5.92 Å². The first-order valence-electron chi connectivity index (χ1n) is 7.99. The highest BCUT2D eigenvalue weighted by atomic mass is 32.2. The van der Waals surface area contributed by atoms with E-state index in [-0.39, 0.29) is 30.4 Å². The number of hydrogen-bond acceptors (Lipinski definition) is 5. The minimum absolute atomic E-state index is 0.0483. The molecule has 6 heteroatoms. The Balaban J connectivity index is 1.49. The SMILES string of the molecule is O=C(COC(=O)C1CCSCC1)NC1CCOc2ccccc21. The van der Waals surface area contributed by atoms with Crippen molar-refractivity contribution in [2.45, 2.75) is 25.3 Å². The summed E-state index contributed by atoms with van der Waals surface area (Å²) < 4.78 is 10.8. The number of thioether (sulfide) groups is 1. The lowest BCUT2D eigenvalue weighted by atomic mass is 10.0. The average molecular weight is 335 g/mol. The van der Waals surface area contributed by atoms with Gasteiger partial charge in [0.15, 0.2) is 6.61 Å². The fraction of sp³-hybridized carbons (Fsp3) is 0.529. The van der Waals surface area contributed by atoms with Gasteiger partial charge >= 0.3 is 5.97 Å². The highest BCUT2D eigenvalue weighted by Crippen LogP contribution is 2.31. The quantitative estimate of drug-likeness (QED) is 0.856. The predicted octanol–water partition coefficient (Wildman–Crippen LogP) is 2.31. The van der Waals surface area contributed by atoms with Crippen molar-refractivity contribution >= 4 is 23.6 Å². The van der Waals surface area contributed by atoms with Gasteiger partial charge in [0.25, 0.3) is 5.91 Å². The number of ether oxygens (including phenoxy) is 2. The van der Waals surface area contributed by atoms with E-state index in [1.165, 1.54) is 0 Å². The molecular weight excluding hydrogens is 314 g/mol. The Morgan fingerprint density at radius 3 is 2.83 bits per heavy atom. The number of carbonyl (C=O) groups is 2. The molecule has 0 bridgehead atoms. The molecule has 0 aromatic heterocycles. The third kappa shape index (κ3) is 4.19. The van der Waals surface area contributed by atoms with Crippen LogP contribution in [0.3, 0.4) is 0 Å². The maximum Gasteiger partial charge on any atom is 0.309 e. The predicted molar refractivity (Wildman–Crippen MR) is 88.4 cm³/mol. The van der Waals surface area contributed by atoms with Gasteiger partial charge in [-0.05, 0) is 30.4 Å². The highest BCUT2D eigenvalue weighted by Gasteiger charge is 2.25. The number of hydrogen-bond donors (Lipinski definition) is 1. The van der Waals surface area contributed by atoms with E-state index in [4.69, 9.17) is 9.47 Å². The second kappa shape index (κ2) is 7.73. The van der Waals surface area contributed by atoms with Crippen LogP contribution < -0.4 is 10.1 Å². The van der Waals surface area contributed by atoms with Gasteiger partial charge in [0.1, 0.15) is 5.75 Å². The molecule has 1 N–H and O–H groups in total. The molecule has 1 aromatic carbocycles. The summed E-state index contributed by atoms with van der Waals surface area (Å²) in [5.41, 5.74) is 0.975. The van der Waals surface area contributed by atoms with Crippen LogP contribution in [0.2, 0.25) is 0 Å². The van der Waals surface area contributed by atoms with Gasteiger partial charge in [0.2, 0.25) is 0 Å². The molecule has 5 nitrogen and oxygen atoms in total. The molecule has 0 saturated carbocycles. The van der Waals surface area contributed by atoms with Crippen LogP contribution in [0.5, 0.6) is 5.75 Å². The van der Waals surface area contributed by atoms with Crippen molar-refractivity contribution in [3.05, 3.63) is 29.8 Å². The molecule has 124 valence electrons. The van der Waals surface area contributed by atoms with Crippen molar-refractivity contribution in [3.8, 4) is 5.75 Å². The fourth-order valence-electron chi connectivity index (χ4n) is 2.92. The Kier molecular flexibility index (Phi) is 5.43. The van der Waals surface area contributed by atoms with Gasteiger partial charge in [-0.15, -0.1) is 0 Å². The van der Waals surface area contributed by atoms with Gasteiger partial charge in [0.05, 0.1) is 18.6 Å². The van der Waals surface area contributed by atoms with Gasteiger partial charge in [-0.2, -0.15) is 11.8 Å². The third-order valence-electron chi connectivity index (χ3n) is 4.19. The Bertz CT molecular complexity index is 571. The lowest BCUT2D eigenvalue weighted by Crippen LogP contribution is -2.36. The molecule has 1 aromatic rings. The van der Waals surface area contributed by atoms with Crippen LogP contribution in [-0.2, 0) is 14.3 Å². The number of esters is 1. The first-order valence-corrected chi connectivity index (χ1v) is 9.15. The Morgan fingerprint density at radius 1 is 1.22 bits per heavy atom. The lowest BCUT2D eigenvalue weighted by Gasteiger charge is -2.26. The summed E-state index contributed by atoms with van der Waals surface area (Å²) in [5.74, 6) is 2.24. The van der Waals surface area contributed by atoms with Crippen molar-refractivity contribution in [1.82, 2.24) is 5.32 Å². The summed E-state index contributed by atoms with van der Waals surface area (Å²) in [5, 5.41) is 2.93. The van der Waals surface area contributed by atoms with E-state index in [1.54, 1.807) is 0 Å². The zero-order valence-electron chi connectivity index (χ0n) is 13.0. The highest BCUT2D eigenvalue weighted by molar-refractivity contribution is 7.99. The molecule has 2 heterocycles. The summed E-state index contributed by atoms with van der Waals surface area (Å²) in [6.45, 7) is 0.365. The minimum Gasteiger partial charge on any atom is -0.493 e. The number of amides is 1. The Hall–Kier alpha value is -1.69. The summed E-state index contributed by atoms with van der Waals surface area (Å²) in [4.78, 5) is 24.0. The van der Waals surface area contributed by atoms with Crippen LogP contribution in [0.1, 0.15) is 30.9 Å². The van der Waals surface area contributed by atoms with Crippen molar-refractivity contribution in [3.63, 3.8) is 0 Å². The zero-order chi connectivity index (χ0) is 16.1. The number of benzene rings is 1. The first-order chi connectivity index (χ1) is 11.2. The van der Waals surface area contributed by atoms with Crippen LogP contribution in [-0.4, -0.2) is 36.6 Å². The van der Waals surface area contributed by atoms with Crippen molar-refractivity contribution in [1.29, 1.82) is 0 Å². The van der Waals surface area contributed by atoms with Gasteiger partial charge in [-0.1, -0.05) is 18.2 Å². The van der Waals surface area contributed by atoms with E-state index in [2.05, 4.69) is 5.32 Å². The largest absolute Gasteiger partial charge is 0.493 e. The molecule has 1 amide bonds. The molecule has 2 aliphatic heterocycles. The number of carbonyl (C=O) groups excluding carboxylic acids is 2. The van der Waals surface area contributed by atoms with Crippen LogP contribution in [0.15, 0.2) is 24.3 Å². The van der Waals surface area contributed by atoms with Gasteiger partial charge < -0.3 is 14.8 Å². The van der Waals surface area contributed by atoms with Crippen LogP contribution in [0, 0.1) is 5.92 Å². The Labute approximate surface area is 140 Å². The number of nitrogens with one attached hydrogen (secondary N) is 1. The lowest BCUT2D eigenvalue weighted by molar-refractivity contribution is -0.153. The summed E-state index contributed by atoms with van der Waals surface area (Å²) in [7, 11) is 0. The second-order valence-corrected chi connectivity index (χ2v) is 7.01. The first kappa shape index (κ1) is 16.2. The molecule has 1 unspecified atom stereocenters. The fourth-order valence-corrected chi connectivity index (χ4v) is 4.02. The average Bonchev–Trinajstić information content (AvgIpc) is 2.61. The minimum atomic E-state index is -0.259. The zero-order valence-corrected chi connectivity index (χ0v) is 13.8. The molecule has 1 fully saturated rings. The molecule has 0 spiro atoms. The molecule has 0 radical (unpaired) electrons. The number of rotatable bonds is 4. The molecule has 23 heavy (non-hydrogen) atoms. The normalized spacial score (nSPS) is 21.0. The topological polar surface area (TPSA) is 64.6 Å². The van der Waals surface area contributed by atoms with Crippen LogP contribution in [0.4, 0.5) is 0 Å². The van der Waals surface area contributed by atoms with Crippen molar-refractivity contribution < 1.29 is 19.1 Å². The monoisotopic (exact) mass is 335 g/mol. The number of para-hydroxylation sites is 1. The van der Waals surface area contributed by atoms with E-state index in [0.29, 0.717) is 6.61 Å². The maximum absolute atomic E-state index is 12.1. The van der Waals surface area contributed by atoms with E-state index in [9.17, 15) is 9.59 Å². The number of fused-ring (bicyclic) bond motifs is 1. The molecule has 1 saturated heterocycles. The molecule has 1 atom stereocenters. The van der Waals surface area contributed by atoms with E-state index >= 15 is 0 Å².